The maximum absolute atomic E-state index is 7.00. The lowest BCUT2D eigenvalue weighted by atomic mass is 10.6. The first-order chi connectivity index (χ1) is 3.50. The number of hydrogen-bond donors (Lipinski definition) is 1. The zero-order valence-corrected chi connectivity index (χ0v) is 5.11. The number of nitrogens with zero attached hydrogens (tertiary/aromatic N) is 1. The summed E-state index contributed by atoms with van der Waals surface area (Å²) in [4.78, 5) is 0. The highest BCUT2D eigenvalue weighted by molar-refractivity contribution is 7.98. The third-order valence-corrected chi connectivity index (χ3v) is 1.20. The van der Waals surface area contributed by atoms with Crippen LogP contribution in [0, 0.1) is 0 Å². The molecule has 0 saturated heterocycles. The van der Waals surface area contributed by atoms with Crippen LogP contribution >= 0.6 is 11.9 Å². The Labute approximate surface area is 47.8 Å². The Balaban J connectivity index is 0.000000162. The molecule has 0 aromatic carbocycles. The van der Waals surface area contributed by atoms with E-state index in [1.54, 1.807) is 11.9 Å². The second kappa shape index (κ2) is 5.98. The molecule has 7 heavy (non-hydrogen) atoms. The Morgan fingerprint density at radius 1 is 1.71 bits per heavy atom. The minimum Gasteiger partial charge on any atom is -0.400 e. The van der Waals surface area contributed by atoms with Crippen molar-refractivity contribution in [3.8, 4) is 0 Å². The summed E-state index contributed by atoms with van der Waals surface area (Å²) in [6, 6.07) is 0. The van der Waals surface area contributed by atoms with Gasteiger partial charge in [-0.2, -0.15) is 0 Å². The van der Waals surface area contributed by atoms with Crippen LogP contribution in [-0.4, -0.2) is 24.2 Å². The highest BCUT2D eigenvalue weighted by atomic mass is 32.2. The van der Waals surface area contributed by atoms with E-state index in [0.717, 1.165) is 7.11 Å². The van der Waals surface area contributed by atoms with Crippen LogP contribution in [0.25, 0.3) is 0 Å². The zero-order valence-electron chi connectivity index (χ0n) is 4.29. The summed E-state index contributed by atoms with van der Waals surface area (Å²) in [7, 11) is 1.00. The lowest BCUT2D eigenvalue weighted by molar-refractivity contribution is 0.399. The van der Waals surface area contributed by atoms with E-state index in [1.807, 2.05) is 6.21 Å². The molecule has 0 amide bonds. The van der Waals surface area contributed by atoms with Gasteiger partial charge in [-0.1, -0.05) is 0 Å². The fourth-order valence-corrected chi connectivity index (χ4v) is 0.791. The monoisotopic (exact) mass is 119 g/mol. The Kier molecular flexibility index (Phi) is 5.96. The summed E-state index contributed by atoms with van der Waals surface area (Å²) in [5.74, 6) is 1.19. The van der Waals surface area contributed by atoms with Gasteiger partial charge in [-0.3, -0.25) is 0 Å². The molecular formula is C4H9NOS. The molecule has 0 radical (unpaired) electrons. The van der Waals surface area contributed by atoms with Gasteiger partial charge in [-0.15, -0.1) is 0 Å². The van der Waals surface area contributed by atoms with Crippen LogP contribution in [0.5, 0.6) is 0 Å². The molecule has 3 heteroatoms. The van der Waals surface area contributed by atoms with Gasteiger partial charge in [0.15, 0.2) is 0 Å². The van der Waals surface area contributed by atoms with E-state index in [4.69, 9.17) is 5.11 Å². The largest absolute Gasteiger partial charge is 0.400 e. The standard InChI is InChI=1S/C3H5NS.CH4O/c1-2-4-5-3-1;1-2/h2H,1,3H2;2H,1H3. The Morgan fingerprint density at radius 3 is 2.57 bits per heavy atom. The molecule has 1 rings (SSSR count). The van der Waals surface area contributed by atoms with Crippen LogP contribution in [-0.2, 0) is 0 Å². The summed E-state index contributed by atoms with van der Waals surface area (Å²) in [6.07, 6.45) is 3.12. The van der Waals surface area contributed by atoms with Gasteiger partial charge in [0, 0.05) is 19.1 Å². The summed E-state index contributed by atoms with van der Waals surface area (Å²) in [5.41, 5.74) is 0. The summed E-state index contributed by atoms with van der Waals surface area (Å²) in [5, 5.41) is 7.00. The highest BCUT2D eigenvalue weighted by Crippen LogP contribution is 2.07. The van der Waals surface area contributed by atoms with Gasteiger partial charge < -0.3 is 5.11 Å². The molecule has 1 aliphatic rings. The third kappa shape index (κ3) is 3.82. The van der Waals surface area contributed by atoms with E-state index < -0.39 is 0 Å². The van der Waals surface area contributed by atoms with Crippen LogP contribution in [0.1, 0.15) is 6.42 Å². The first kappa shape index (κ1) is 6.98. The molecule has 1 heterocycles. The number of rotatable bonds is 0. The van der Waals surface area contributed by atoms with E-state index in [0.29, 0.717) is 0 Å². The zero-order chi connectivity index (χ0) is 5.54. The molecule has 0 unspecified atom stereocenters. The normalized spacial score (nSPS) is 15.7. The minimum absolute atomic E-state index is 1.00. The number of aliphatic hydroxyl groups is 1. The summed E-state index contributed by atoms with van der Waals surface area (Å²) in [6.45, 7) is 0. The maximum Gasteiger partial charge on any atom is 0.0319 e. The smallest absolute Gasteiger partial charge is 0.0319 e. The second-order valence-corrected chi connectivity index (χ2v) is 1.79. The van der Waals surface area contributed by atoms with Crippen molar-refractivity contribution < 1.29 is 5.11 Å². The Hall–Kier alpha value is -0.0200. The van der Waals surface area contributed by atoms with Gasteiger partial charge in [-0.25, -0.2) is 4.40 Å². The molecule has 1 aliphatic heterocycles. The van der Waals surface area contributed by atoms with Crippen molar-refractivity contribution in [3.63, 3.8) is 0 Å². The molecular weight excluding hydrogens is 110 g/mol. The second-order valence-electron chi connectivity index (χ2n) is 0.910. The van der Waals surface area contributed by atoms with Gasteiger partial charge in [0.1, 0.15) is 0 Å². The molecule has 0 spiro atoms. The van der Waals surface area contributed by atoms with Crippen LogP contribution < -0.4 is 0 Å². The van der Waals surface area contributed by atoms with Crippen molar-refractivity contribution in [3.05, 3.63) is 0 Å². The van der Waals surface area contributed by atoms with E-state index in [1.165, 1.54) is 12.2 Å². The lowest BCUT2D eigenvalue weighted by Crippen LogP contribution is -1.62. The average molecular weight is 119 g/mol. The Morgan fingerprint density at radius 2 is 2.43 bits per heavy atom. The predicted octanol–water partition coefficient (Wildman–Crippen LogP) is 0.718. The van der Waals surface area contributed by atoms with Crippen LogP contribution in [0.4, 0.5) is 0 Å². The van der Waals surface area contributed by atoms with Crippen LogP contribution in [0.15, 0.2) is 4.40 Å². The predicted molar refractivity (Wildman–Crippen MR) is 33.7 cm³/mol. The molecule has 0 aliphatic carbocycles. The molecule has 0 bridgehead atoms. The van der Waals surface area contributed by atoms with Gasteiger partial charge in [0.05, 0.1) is 0 Å². The van der Waals surface area contributed by atoms with Crippen molar-refractivity contribution in [1.29, 1.82) is 0 Å². The fraction of sp³-hybridized carbons (Fsp3) is 0.750. The highest BCUT2D eigenvalue weighted by Gasteiger charge is 1.87. The molecule has 42 valence electrons. The average Bonchev–Trinajstić information content (AvgIpc) is 2.23. The van der Waals surface area contributed by atoms with E-state index in [2.05, 4.69) is 4.40 Å². The van der Waals surface area contributed by atoms with Gasteiger partial charge >= 0.3 is 0 Å². The third-order valence-electron chi connectivity index (χ3n) is 0.487. The van der Waals surface area contributed by atoms with Gasteiger partial charge in [-0.05, 0) is 18.4 Å². The van der Waals surface area contributed by atoms with Gasteiger partial charge in [0.25, 0.3) is 0 Å². The van der Waals surface area contributed by atoms with E-state index in [9.17, 15) is 0 Å². The maximum atomic E-state index is 7.00. The molecule has 0 atom stereocenters. The number of aliphatic hydroxyl groups excluding tert-OH is 1. The van der Waals surface area contributed by atoms with Crippen LogP contribution in [0.2, 0.25) is 0 Å². The SMILES string of the molecule is C1=NSCC1.CO. The fourth-order valence-electron chi connectivity index (χ4n) is 0.264. The summed E-state index contributed by atoms with van der Waals surface area (Å²) >= 11 is 1.64. The van der Waals surface area contributed by atoms with Crippen molar-refractivity contribution in [2.45, 2.75) is 6.42 Å². The number of hydrogen-bond acceptors (Lipinski definition) is 3. The van der Waals surface area contributed by atoms with Crippen molar-refractivity contribution >= 4 is 18.2 Å². The van der Waals surface area contributed by atoms with Crippen molar-refractivity contribution in [1.82, 2.24) is 0 Å². The topological polar surface area (TPSA) is 32.6 Å². The first-order valence-electron chi connectivity index (χ1n) is 2.08. The van der Waals surface area contributed by atoms with E-state index >= 15 is 0 Å². The molecule has 2 nitrogen and oxygen atoms in total. The quantitative estimate of drug-likeness (QED) is 0.476. The van der Waals surface area contributed by atoms with E-state index in [-0.39, 0.29) is 0 Å². The minimum atomic E-state index is 1.00. The molecule has 0 aromatic heterocycles. The summed E-state index contributed by atoms with van der Waals surface area (Å²) < 4.78 is 3.88. The van der Waals surface area contributed by atoms with Crippen molar-refractivity contribution in [2.24, 2.45) is 4.40 Å². The molecule has 0 aromatic rings. The first-order valence-corrected chi connectivity index (χ1v) is 3.03. The van der Waals surface area contributed by atoms with Crippen LogP contribution in [0.3, 0.4) is 0 Å². The van der Waals surface area contributed by atoms with Gasteiger partial charge in [0.2, 0.25) is 0 Å². The lowest BCUT2D eigenvalue weighted by Gasteiger charge is -1.66. The molecule has 0 fully saturated rings. The Bertz CT molecular complexity index is 49.7. The van der Waals surface area contributed by atoms with Crippen molar-refractivity contribution in [2.75, 3.05) is 12.9 Å². The molecule has 1 N–H and O–H groups in total. The molecule has 0 saturated carbocycles.